The molecule has 238 valence electrons. The van der Waals surface area contributed by atoms with E-state index < -0.39 is 0 Å². The van der Waals surface area contributed by atoms with E-state index in [0.717, 1.165) is 93.9 Å². The maximum atomic E-state index is 6.58. The highest BCUT2D eigenvalue weighted by atomic mass is 16.3. The molecule has 0 radical (unpaired) electrons. The van der Waals surface area contributed by atoms with Gasteiger partial charge in [0.1, 0.15) is 28.2 Å². The van der Waals surface area contributed by atoms with Gasteiger partial charge in [0.25, 0.3) is 0 Å². The minimum absolute atomic E-state index is 0.839. The Kier molecular flexibility index (Phi) is 5.92. The zero-order chi connectivity index (χ0) is 33.5. The zero-order valence-electron chi connectivity index (χ0n) is 27.4. The molecule has 3 heterocycles. The summed E-state index contributed by atoms with van der Waals surface area (Å²) in [6.07, 6.45) is 0. The molecule has 0 atom stereocenters. The van der Waals surface area contributed by atoms with Crippen molar-refractivity contribution >= 4 is 65.7 Å². The molecular formula is C47H28N2O2. The maximum absolute atomic E-state index is 6.58. The molecule has 11 aromatic rings. The Balaban J connectivity index is 1.08. The lowest BCUT2D eigenvalue weighted by Crippen LogP contribution is -1.98. The number of nitrogens with zero attached hydrogens (tertiary/aromatic N) is 2. The van der Waals surface area contributed by atoms with E-state index in [1.165, 1.54) is 11.1 Å². The molecule has 0 amide bonds. The second-order valence-corrected chi connectivity index (χ2v) is 13.2. The van der Waals surface area contributed by atoms with Crippen LogP contribution in [0.4, 0.5) is 0 Å². The Hall–Kier alpha value is -6.91. The predicted molar refractivity (Wildman–Crippen MR) is 209 cm³/mol. The molecule has 0 saturated carbocycles. The predicted octanol–water partition coefficient (Wildman–Crippen LogP) is 13.0. The number of hydrogen-bond donors (Lipinski definition) is 0. The van der Waals surface area contributed by atoms with Gasteiger partial charge in [-0.3, -0.25) is 4.57 Å². The minimum Gasteiger partial charge on any atom is -0.455 e. The Bertz CT molecular complexity index is 3040. The molecule has 8 aromatic carbocycles. The Morgan fingerprint density at radius 1 is 0.412 bits per heavy atom. The molecule has 11 rings (SSSR count). The molecule has 3 aromatic heterocycles. The first kappa shape index (κ1) is 28.0. The Morgan fingerprint density at radius 3 is 1.73 bits per heavy atom. The maximum Gasteiger partial charge on any atom is 0.147 e. The smallest absolute Gasteiger partial charge is 0.147 e. The highest BCUT2D eigenvalue weighted by Gasteiger charge is 2.21. The van der Waals surface area contributed by atoms with Gasteiger partial charge in [-0.2, -0.15) is 0 Å². The normalized spacial score (nSPS) is 11.9. The van der Waals surface area contributed by atoms with Gasteiger partial charge in [-0.05, 0) is 76.0 Å². The van der Waals surface area contributed by atoms with Crippen molar-refractivity contribution in [2.45, 2.75) is 0 Å². The summed E-state index contributed by atoms with van der Waals surface area (Å²) < 4.78 is 15.4. The molecule has 0 fully saturated rings. The molecule has 0 unspecified atom stereocenters. The first-order valence-electron chi connectivity index (χ1n) is 17.2. The summed E-state index contributed by atoms with van der Waals surface area (Å²) in [7, 11) is 0. The Morgan fingerprint density at radius 2 is 0.980 bits per heavy atom. The second-order valence-electron chi connectivity index (χ2n) is 13.2. The van der Waals surface area contributed by atoms with Crippen molar-refractivity contribution < 1.29 is 8.83 Å². The number of hydrogen-bond acceptors (Lipinski definition) is 3. The van der Waals surface area contributed by atoms with Crippen molar-refractivity contribution in [3.8, 4) is 39.3 Å². The largest absolute Gasteiger partial charge is 0.455 e. The molecule has 0 bridgehead atoms. The van der Waals surface area contributed by atoms with Crippen LogP contribution in [0, 0.1) is 0 Å². The standard InChI is InChI=1S/C47H28N2O2/c1-2-10-29(11-3-1)30-18-20-31(21-19-30)47-48-40-14-6-7-15-41(40)49(47)35-25-24-32-26-34(23-22-33(32)27-35)44-45-38(36-12-4-8-16-42(36)50-45)28-39-37-13-5-9-17-43(37)51-46(39)44/h1-28H. The van der Waals surface area contributed by atoms with E-state index in [1.807, 2.05) is 36.4 Å². The van der Waals surface area contributed by atoms with Crippen LogP contribution in [-0.2, 0) is 0 Å². The van der Waals surface area contributed by atoms with Gasteiger partial charge >= 0.3 is 0 Å². The van der Waals surface area contributed by atoms with Crippen molar-refractivity contribution in [1.82, 2.24) is 9.55 Å². The van der Waals surface area contributed by atoms with Gasteiger partial charge in [0.2, 0.25) is 0 Å². The van der Waals surface area contributed by atoms with Crippen LogP contribution in [0.3, 0.4) is 0 Å². The molecule has 4 nitrogen and oxygen atoms in total. The third kappa shape index (κ3) is 4.30. The van der Waals surface area contributed by atoms with Gasteiger partial charge in [0.05, 0.1) is 16.6 Å². The molecule has 0 spiro atoms. The minimum atomic E-state index is 0.839. The van der Waals surface area contributed by atoms with Crippen LogP contribution in [0.1, 0.15) is 0 Å². The number of aromatic nitrogens is 2. The molecule has 0 N–H and O–H groups in total. The topological polar surface area (TPSA) is 44.1 Å². The van der Waals surface area contributed by atoms with Crippen molar-refractivity contribution in [2.24, 2.45) is 0 Å². The SMILES string of the molecule is c1ccc(-c2ccc(-c3nc4ccccc4n3-c3ccc4cc(-c5c6oc7ccccc7c6cc6c5oc5ccccc56)ccc4c3)cc2)cc1. The molecule has 0 aliphatic carbocycles. The zero-order valence-corrected chi connectivity index (χ0v) is 27.4. The van der Waals surface area contributed by atoms with Crippen molar-refractivity contribution in [1.29, 1.82) is 0 Å². The summed E-state index contributed by atoms with van der Waals surface area (Å²) in [5.74, 6) is 0.913. The van der Waals surface area contributed by atoms with Crippen LogP contribution in [-0.4, -0.2) is 9.55 Å². The second kappa shape index (κ2) is 10.8. The lowest BCUT2D eigenvalue weighted by atomic mass is 9.96. The number of fused-ring (bicyclic) bond motifs is 8. The van der Waals surface area contributed by atoms with E-state index in [4.69, 9.17) is 13.8 Å². The molecule has 0 aliphatic rings. The summed E-state index contributed by atoms with van der Waals surface area (Å²) in [5, 5.41) is 6.65. The summed E-state index contributed by atoms with van der Waals surface area (Å²) in [4.78, 5) is 5.13. The van der Waals surface area contributed by atoms with E-state index in [0.29, 0.717) is 0 Å². The summed E-state index contributed by atoms with van der Waals surface area (Å²) in [6.45, 7) is 0. The van der Waals surface area contributed by atoms with Crippen LogP contribution in [0.25, 0.3) is 105 Å². The summed E-state index contributed by atoms with van der Waals surface area (Å²) in [5.41, 5.74) is 12.0. The lowest BCUT2D eigenvalue weighted by molar-refractivity contribution is 0.658. The van der Waals surface area contributed by atoms with Gasteiger partial charge in [-0.15, -0.1) is 0 Å². The van der Waals surface area contributed by atoms with Gasteiger partial charge < -0.3 is 8.83 Å². The highest BCUT2D eigenvalue weighted by molar-refractivity contribution is 6.22. The van der Waals surface area contributed by atoms with Crippen molar-refractivity contribution in [2.75, 3.05) is 0 Å². The molecule has 0 saturated heterocycles. The average Bonchev–Trinajstić information content (AvgIpc) is 3.88. The van der Waals surface area contributed by atoms with Gasteiger partial charge in [-0.25, -0.2) is 4.98 Å². The van der Waals surface area contributed by atoms with E-state index in [2.05, 4.69) is 138 Å². The van der Waals surface area contributed by atoms with Crippen LogP contribution in [0.5, 0.6) is 0 Å². The fourth-order valence-electron chi connectivity index (χ4n) is 7.75. The Labute approximate surface area is 292 Å². The molecule has 4 heteroatoms. The first-order chi connectivity index (χ1) is 25.3. The summed E-state index contributed by atoms with van der Waals surface area (Å²) >= 11 is 0. The van der Waals surface area contributed by atoms with Crippen LogP contribution in [0.2, 0.25) is 0 Å². The van der Waals surface area contributed by atoms with Crippen LogP contribution in [0.15, 0.2) is 179 Å². The molecule has 51 heavy (non-hydrogen) atoms. The quantitative estimate of drug-likeness (QED) is 0.190. The third-order valence-corrected chi connectivity index (χ3v) is 10.2. The monoisotopic (exact) mass is 652 g/mol. The lowest BCUT2D eigenvalue weighted by Gasteiger charge is -2.12. The van der Waals surface area contributed by atoms with E-state index in [9.17, 15) is 0 Å². The number of rotatable bonds is 4. The molecular weight excluding hydrogens is 625 g/mol. The fourth-order valence-corrected chi connectivity index (χ4v) is 7.75. The first-order valence-corrected chi connectivity index (χ1v) is 17.2. The molecule has 0 aliphatic heterocycles. The number of imidazole rings is 1. The van der Waals surface area contributed by atoms with Crippen molar-refractivity contribution in [3.05, 3.63) is 170 Å². The highest BCUT2D eigenvalue weighted by Crippen LogP contribution is 2.45. The van der Waals surface area contributed by atoms with Crippen LogP contribution < -0.4 is 0 Å². The van der Waals surface area contributed by atoms with Crippen molar-refractivity contribution in [3.63, 3.8) is 0 Å². The van der Waals surface area contributed by atoms with Crippen LogP contribution >= 0.6 is 0 Å². The number of para-hydroxylation sites is 4. The number of benzene rings is 8. The average molecular weight is 653 g/mol. The number of furan rings is 2. The summed E-state index contributed by atoms with van der Waals surface area (Å²) in [6, 6.07) is 59.6. The van der Waals surface area contributed by atoms with Gasteiger partial charge in [0, 0.05) is 32.8 Å². The third-order valence-electron chi connectivity index (χ3n) is 10.2. The van der Waals surface area contributed by atoms with Gasteiger partial charge in [0.15, 0.2) is 0 Å². The fraction of sp³-hybridized carbons (Fsp3) is 0. The van der Waals surface area contributed by atoms with E-state index >= 15 is 0 Å². The van der Waals surface area contributed by atoms with Gasteiger partial charge in [-0.1, -0.05) is 121 Å². The van der Waals surface area contributed by atoms with E-state index in [1.54, 1.807) is 0 Å². The van der Waals surface area contributed by atoms with E-state index in [-0.39, 0.29) is 0 Å².